The molecule has 110 valence electrons. The highest BCUT2D eigenvalue weighted by molar-refractivity contribution is 5.74. The molecule has 0 unspecified atom stereocenters. The van der Waals surface area contributed by atoms with Crippen molar-refractivity contribution in [3.63, 3.8) is 0 Å². The minimum Gasteiger partial charge on any atom is -0.436 e. The molecule has 0 bridgehead atoms. The number of carbonyl (C=O) groups is 1. The molecule has 21 heavy (non-hydrogen) atoms. The van der Waals surface area contributed by atoms with Gasteiger partial charge in [0.25, 0.3) is 5.88 Å². The number of carbonyl (C=O) groups excluding carboxylic acids is 1. The SMILES string of the molecule is O=Cc1cnc(Oc2ccc(F)c(C(F)(F)F)c2)c(F)c1. The van der Waals surface area contributed by atoms with Gasteiger partial charge in [0.2, 0.25) is 0 Å². The fraction of sp³-hybridized carbons (Fsp3) is 0.0769. The van der Waals surface area contributed by atoms with Crippen LogP contribution in [0, 0.1) is 11.6 Å². The number of benzene rings is 1. The smallest absolute Gasteiger partial charge is 0.419 e. The standard InChI is InChI=1S/C13H6F5NO2/c14-10-2-1-8(4-9(10)13(16,17)18)21-12-11(15)3-7(6-20)5-19-12/h1-6H. The molecule has 0 aliphatic carbocycles. The van der Waals surface area contributed by atoms with Crippen molar-refractivity contribution in [2.24, 2.45) is 0 Å². The molecule has 1 aromatic carbocycles. The molecule has 0 amide bonds. The van der Waals surface area contributed by atoms with Crippen LogP contribution in [0.5, 0.6) is 11.6 Å². The summed E-state index contributed by atoms with van der Waals surface area (Å²) in [6.07, 6.45) is -3.57. The van der Waals surface area contributed by atoms with E-state index in [1.165, 1.54) is 0 Å². The van der Waals surface area contributed by atoms with Crippen molar-refractivity contribution in [1.82, 2.24) is 4.98 Å². The van der Waals surface area contributed by atoms with Crippen molar-refractivity contribution < 1.29 is 31.5 Å². The summed E-state index contributed by atoms with van der Waals surface area (Å²) in [5.74, 6) is -3.56. The van der Waals surface area contributed by atoms with E-state index < -0.39 is 35.0 Å². The van der Waals surface area contributed by atoms with Crippen molar-refractivity contribution in [3.05, 3.63) is 53.2 Å². The summed E-state index contributed by atoms with van der Waals surface area (Å²) >= 11 is 0. The first-order valence-electron chi connectivity index (χ1n) is 5.46. The maximum Gasteiger partial charge on any atom is 0.419 e. The second-order valence-electron chi connectivity index (χ2n) is 3.91. The third kappa shape index (κ3) is 3.33. The van der Waals surface area contributed by atoms with Gasteiger partial charge in [0.15, 0.2) is 12.1 Å². The number of nitrogens with zero attached hydrogens (tertiary/aromatic N) is 1. The number of alkyl halides is 3. The Morgan fingerprint density at radius 1 is 1.10 bits per heavy atom. The maximum absolute atomic E-state index is 13.5. The summed E-state index contributed by atoms with van der Waals surface area (Å²) in [4.78, 5) is 13.9. The van der Waals surface area contributed by atoms with Crippen molar-refractivity contribution in [3.8, 4) is 11.6 Å². The lowest BCUT2D eigenvalue weighted by molar-refractivity contribution is -0.140. The molecule has 0 aliphatic heterocycles. The van der Waals surface area contributed by atoms with E-state index in [0.29, 0.717) is 18.4 Å². The van der Waals surface area contributed by atoms with Crippen LogP contribution in [0.3, 0.4) is 0 Å². The van der Waals surface area contributed by atoms with Gasteiger partial charge in [-0.05, 0) is 24.3 Å². The lowest BCUT2D eigenvalue weighted by atomic mass is 10.2. The van der Waals surface area contributed by atoms with Crippen molar-refractivity contribution in [2.45, 2.75) is 6.18 Å². The van der Waals surface area contributed by atoms with Gasteiger partial charge in [-0.2, -0.15) is 13.2 Å². The molecule has 2 aromatic rings. The number of halogens is 5. The summed E-state index contributed by atoms with van der Waals surface area (Å²) < 4.78 is 69.0. The van der Waals surface area contributed by atoms with E-state index in [0.717, 1.165) is 18.3 Å². The first-order valence-corrected chi connectivity index (χ1v) is 5.46. The fourth-order valence-electron chi connectivity index (χ4n) is 1.48. The average molecular weight is 303 g/mol. The van der Waals surface area contributed by atoms with Crippen LogP contribution in [0.1, 0.15) is 15.9 Å². The van der Waals surface area contributed by atoms with Crippen molar-refractivity contribution in [2.75, 3.05) is 0 Å². The molecule has 2 rings (SSSR count). The number of pyridine rings is 1. The van der Waals surface area contributed by atoms with E-state index in [2.05, 4.69) is 4.98 Å². The number of aromatic nitrogens is 1. The summed E-state index contributed by atoms with van der Waals surface area (Å²) in [7, 11) is 0. The van der Waals surface area contributed by atoms with E-state index in [-0.39, 0.29) is 5.56 Å². The molecule has 1 aromatic heterocycles. The van der Waals surface area contributed by atoms with Gasteiger partial charge >= 0.3 is 6.18 Å². The third-order valence-electron chi connectivity index (χ3n) is 2.42. The number of ether oxygens (including phenoxy) is 1. The van der Waals surface area contributed by atoms with Gasteiger partial charge in [-0.15, -0.1) is 0 Å². The molecule has 8 heteroatoms. The Kier molecular flexibility index (Phi) is 3.88. The predicted octanol–water partition coefficient (Wildman–Crippen LogP) is 3.98. The lowest BCUT2D eigenvalue weighted by Gasteiger charge is -2.11. The van der Waals surface area contributed by atoms with Gasteiger partial charge < -0.3 is 4.74 Å². The van der Waals surface area contributed by atoms with Crippen LogP contribution >= 0.6 is 0 Å². The molecular weight excluding hydrogens is 297 g/mol. The average Bonchev–Trinajstić information content (AvgIpc) is 2.41. The van der Waals surface area contributed by atoms with Gasteiger partial charge in [0, 0.05) is 11.8 Å². The van der Waals surface area contributed by atoms with Gasteiger partial charge in [0.05, 0.1) is 5.56 Å². The summed E-state index contributed by atoms with van der Waals surface area (Å²) in [6.45, 7) is 0. The molecule has 3 nitrogen and oxygen atoms in total. The third-order valence-corrected chi connectivity index (χ3v) is 2.42. The Bertz CT molecular complexity index is 685. The molecule has 0 spiro atoms. The molecule has 0 fully saturated rings. The van der Waals surface area contributed by atoms with E-state index in [1.54, 1.807) is 0 Å². The minimum absolute atomic E-state index is 0.0602. The van der Waals surface area contributed by atoms with Crippen LogP contribution in [0.2, 0.25) is 0 Å². The Morgan fingerprint density at radius 2 is 1.81 bits per heavy atom. The highest BCUT2D eigenvalue weighted by atomic mass is 19.4. The molecule has 0 N–H and O–H groups in total. The van der Waals surface area contributed by atoms with Crippen LogP contribution in [-0.2, 0) is 6.18 Å². The topological polar surface area (TPSA) is 39.2 Å². The van der Waals surface area contributed by atoms with Gasteiger partial charge in [-0.25, -0.2) is 13.8 Å². The zero-order chi connectivity index (χ0) is 15.6. The van der Waals surface area contributed by atoms with Gasteiger partial charge in [0.1, 0.15) is 11.6 Å². The van der Waals surface area contributed by atoms with Crippen LogP contribution in [0.4, 0.5) is 22.0 Å². The zero-order valence-electron chi connectivity index (χ0n) is 10.1. The molecular formula is C13H6F5NO2. The normalized spacial score (nSPS) is 11.3. The number of aldehydes is 1. The summed E-state index contributed by atoms with van der Waals surface area (Å²) in [5, 5.41) is 0. The van der Waals surface area contributed by atoms with Crippen molar-refractivity contribution >= 4 is 6.29 Å². The van der Waals surface area contributed by atoms with Crippen LogP contribution in [0.15, 0.2) is 30.5 Å². The Balaban J connectivity index is 2.34. The first kappa shape index (κ1) is 14.9. The van der Waals surface area contributed by atoms with E-state index in [9.17, 15) is 26.7 Å². The Labute approximate surface area is 115 Å². The lowest BCUT2D eigenvalue weighted by Crippen LogP contribution is -2.08. The highest BCUT2D eigenvalue weighted by Gasteiger charge is 2.34. The van der Waals surface area contributed by atoms with E-state index in [1.807, 2.05) is 0 Å². The highest BCUT2D eigenvalue weighted by Crippen LogP contribution is 2.34. The maximum atomic E-state index is 13.5. The number of rotatable bonds is 3. The quantitative estimate of drug-likeness (QED) is 0.636. The van der Waals surface area contributed by atoms with Crippen LogP contribution in [0.25, 0.3) is 0 Å². The first-order chi connectivity index (χ1) is 9.81. The largest absolute Gasteiger partial charge is 0.436 e. The second kappa shape index (κ2) is 5.47. The van der Waals surface area contributed by atoms with Crippen LogP contribution < -0.4 is 4.74 Å². The fourth-order valence-corrected chi connectivity index (χ4v) is 1.48. The summed E-state index contributed by atoms with van der Waals surface area (Å²) in [6, 6.07) is 2.66. The molecule has 0 atom stereocenters. The van der Waals surface area contributed by atoms with E-state index >= 15 is 0 Å². The van der Waals surface area contributed by atoms with Gasteiger partial charge in [-0.3, -0.25) is 4.79 Å². The molecule has 0 aliphatic rings. The Hall–Kier alpha value is -2.51. The number of hydrogen-bond acceptors (Lipinski definition) is 3. The van der Waals surface area contributed by atoms with Gasteiger partial charge in [-0.1, -0.05) is 0 Å². The minimum atomic E-state index is -4.91. The summed E-state index contributed by atoms with van der Waals surface area (Å²) in [5.41, 5.74) is -1.60. The molecule has 0 radical (unpaired) electrons. The zero-order valence-corrected chi connectivity index (χ0v) is 10.1. The van der Waals surface area contributed by atoms with Crippen LogP contribution in [-0.4, -0.2) is 11.3 Å². The predicted molar refractivity (Wildman–Crippen MR) is 61.1 cm³/mol. The monoisotopic (exact) mass is 303 g/mol. The second-order valence-corrected chi connectivity index (χ2v) is 3.91. The van der Waals surface area contributed by atoms with Crippen molar-refractivity contribution in [1.29, 1.82) is 0 Å². The molecule has 0 saturated carbocycles. The van der Waals surface area contributed by atoms with E-state index in [4.69, 9.17) is 4.74 Å². The molecule has 0 saturated heterocycles. The Morgan fingerprint density at radius 3 is 2.38 bits per heavy atom. The number of hydrogen-bond donors (Lipinski definition) is 0. The molecule has 1 heterocycles.